The van der Waals surface area contributed by atoms with E-state index >= 15 is 0 Å². The molecule has 2 N–H and O–H groups in total. The van der Waals surface area contributed by atoms with E-state index in [-0.39, 0.29) is 12.1 Å². The molecular weight excluding hydrogens is 334 g/mol. The molecule has 0 aromatic carbocycles. The molecular formula is C15H23N3O3S2. The van der Waals surface area contributed by atoms with Gasteiger partial charge in [0.25, 0.3) is 0 Å². The molecule has 1 aliphatic rings. The summed E-state index contributed by atoms with van der Waals surface area (Å²) >= 11 is 5.33. The van der Waals surface area contributed by atoms with E-state index in [1.807, 2.05) is 0 Å². The van der Waals surface area contributed by atoms with Crippen LogP contribution in [0.5, 0.6) is 0 Å². The van der Waals surface area contributed by atoms with Crippen LogP contribution in [0, 0.1) is 0 Å². The molecule has 1 aromatic heterocycles. The van der Waals surface area contributed by atoms with Gasteiger partial charge >= 0.3 is 6.03 Å². The van der Waals surface area contributed by atoms with E-state index in [0.29, 0.717) is 12.5 Å². The number of nitrogens with zero attached hydrogens (tertiary/aromatic N) is 2. The van der Waals surface area contributed by atoms with Crippen molar-refractivity contribution in [3.05, 3.63) is 16.1 Å². The normalized spacial score (nSPS) is 17.0. The number of carbonyl (C=O) groups excluding carboxylic acids is 2. The molecule has 2 amide bonds. The second kappa shape index (κ2) is 7.63. The highest BCUT2D eigenvalue weighted by atomic mass is 32.1. The molecule has 0 radical (unpaired) electrons. The fourth-order valence-corrected chi connectivity index (χ4v) is 3.39. The zero-order valence-corrected chi connectivity index (χ0v) is 15.2. The highest BCUT2D eigenvalue weighted by molar-refractivity contribution is 7.96. The number of aliphatic hydroxyl groups excluding tert-OH is 1. The maximum absolute atomic E-state index is 12.5. The van der Waals surface area contributed by atoms with Crippen molar-refractivity contribution in [2.75, 3.05) is 0 Å². The number of aliphatic hydroxyl groups is 1. The molecule has 0 aliphatic heterocycles. The van der Waals surface area contributed by atoms with Crippen molar-refractivity contribution < 1.29 is 14.7 Å². The molecule has 1 aliphatic carbocycles. The molecule has 8 heteroatoms. The van der Waals surface area contributed by atoms with E-state index < -0.39 is 17.3 Å². The molecule has 0 bridgehead atoms. The lowest BCUT2D eigenvalue weighted by Crippen LogP contribution is -2.51. The van der Waals surface area contributed by atoms with Gasteiger partial charge in [-0.05, 0) is 19.8 Å². The molecule has 1 heterocycles. The van der Waals surface area contributed by atoms with Crippen LogP contribution < -0.4 is 5.32 Å². The lowest BCUT2D eigenvalue weighted by atomic mass is 10.2. The van der Waals surface area contributed by atoms with Crippen LogP contribution in [0.1, 0.15) is 49.4 Å². The third-order valence-electron chi connectivity index (χ3n) is 3.67. The summed E-state index contributed by atoms with van der Waals surface area (Å²) in [5.74, 6) is 0.360. The fraction of sp³-hybridized carbons (Fsp3) is 0.667. The number of aromatic nitrogens is 1. The standard InChI is InChI=1S/C15H23N3O3S2/c1-8(2)13-16-6-11(23-13)7-18(10-4-5-10)15(21)17-12(9(3)19)14(20)22/h6,8-10,12,19H,4-5,7H2,1-3H3,(H,17,21)(H,20,22). The molecule has 0 spiro atoms. The number of hydrogen-bond acceptors (Lipinski definition) is 5. The summed E-state index contributed by atoms with van der Waals surface area (Å²) in [7, 11) is 0. The molecule has 2 atom stereocenters. The van der Waals surface area contributed by atoms with Gasteiger partial charge in [0.05, 0.1) is 17.7 Å². The number of hydrogen-bond donors (Lipinski definition) is 3. The highest BCUT2D eigenvalue weighted by Crippen LogP contribution is 2.30. The quantitative estimate of drug-likeness (QED) is 0.653. The van der Waals surface area contributed by atoms with E-state index in [9.17, 15) is 14.7 Å². The molecule has 2 rings (SSSR count). The SMILES string of the molecule is CC(C)c1ncc(CN(C(=O)NC(C(=O)S)C(C)O)C2CC2)s1. The molecule has 1 saturated carbocycles. The van der Waals surface area contributed by atoms with Crippen LogP contribution in [-0.4, -0.2) is 44.3 Å². The second-order valence-electron chi connectivity index (χ2n) is 6.18. The summed E-state index contributed by atoms with van der Waals surface area (Å²) in [6, 6.07) is -1.16. The maximum Gasteiger partial charge on any atom is 0.318 e. The Bertz CT molecular complexity index is 570. The minimum Gasteiger partial charge on any atom is -0.391 e. The highest BCUT2D eigenvalue weighted by Gasteiger charge is 2.35. The van der Waals surface area contributed by atoms with Crippen LogP contribution in [0.3, 0.4) is 0 Å². The number of thiol groups is 1. The Morgan fingerprint density at radius 3 is 2.57 bits per heavy atom. The van der Waals surface area contributed by atoms with Crippen LogP contribution in [0.25, 0.3) is 0 Å². The van der Waals surface area contributed by atoms with Crippen molar-refractivity contribution in [1.29, 1.82) is 0 Å². The molecule has 6 nitrogen and oxygen atoms in total. The van der Waals surface area contributed by atoms with Gasteiger partial charge in [-0.3, -0.25) is 4.79 Å². The van der Waals surface area contributed by atoms with Crippen LogP contribution in [0.15, 0.2) is 6.20 Å². The van der Waals surface area contributed by atoms with Gasteiger partial charge in [-0.1, -0.05) is 13.8 Å². The van der Waals surface area contributed by atoms with Gasteiger partial charge < -0.3 is 15.3 Å². The Kier molecular flexibility index (Phi) is 6.05. The van der Waals surface area contributed by atoms with Crippen LogP contribution in [0.2, 0.25) is 0 Å². The van der Waals surface area contributed by atoms with Gasteiger partial charge in [-0.25, -0.2) is 9.78 Å². The zero-order valence-electron chi connectivity index (χ0n) is 13.5. The Hall–Kier alpha value is -1.12. The van der Waals surface area contributed by atoms with Gasteiger partial charge in [0.2, 0.25) is 5.12 Å². The first-order valence-electron chi connectivity index (χ1n) is 7.72. The first-order chi connectivity index (χ1) is 10.8. The van der Waals surface area contributed by atoms with E-state index in [0.717, 1.165) is 22.7 Å². The van der Waals surface area contributed by atoms with Crippen LogP contribution >= 0.6 is 24.0 Å². The lowest BCUT2D eigenvalue weighted by molar-refractivity contribution is -0.114. The average Bonchev–Trinajstić information content (AvgIpc) is 3.19. The van der Waals surface area contributed by atoms with Crippen molar-refractivity contribution in [2.24, 2.45) is 0 Å². The fourth-order valence-electron chi connectivity index (χ4n) is 2.19. The summed E-state index contributed by atoms with van der Waals surface area (Å²) in [4.78, 5) is 31.0. The third-order valence-corrected chi connectivity index (χ3v) is 5.23. The molecule has 1 aromatic rings. The Morgan fingerprint density at radius 2 is 2.13 bits per heavy atom. The number of urea groups is 1. The van der Waals surface area contributed by atoms with Gasteiger partial charge in [-0.15, -0.1) is 24.0 Å². The second-order valence-corrected chi connectivity index (χ2v) is 7.77. The van der Waals surface area contributed by atoms with Gasteiger partial charge in [0.1, 0.15) is 6.04 Å². The summed E-state index contributed by atoms with van der Waals surface area (Å²) in [6.45, 7) is 6.09. The molecule has 2 unspecified atom stereocenters. The van der Waals surface area contributed by atoms with Crippen molar-refractivity contribution in [3.8, 4) is 0 Å². The maximum atomic E-state index is 12.5. The molecule has 23 heavy (non-hydrogen) atoms. The largest absolute Gasteiger partial charge is 0.391 e. The summed E-state index contributed by atoms with van der Waals surface area (Å²) in [5.41, 5.74) is 0. The topological polar surface area (TPSA) is 82.5 Å². The van der Waals surface area contributed by atoms with Gasteiger partial charge in [-0.2, -0.15) is 0 Å². The number of amides is 2. The van der Waals surface area contributed by atoms with Crippen LogP contribution in [-0.2, 0) is 11.3 Å². The van der Waals surface area contributed by atoms with Crippen molar-refractivity contribution >= 4 is 35.1 Å². The van der Waals surface area contributed by atoms with Crippen molar-refractivity contribution in [2.45, 2.75) is 64.3 Å². The first kappa shape index (κ1) is 18.2. The minimum atomic E-state index is -1.00. The number of carbonyl (C=O) groups is 2. The predicted molar refractivity (Wildman–Crippen MR) is 92.8 cm³/mol. The first-order valence-corrected chi connectivity index (χ1v) is 8.98. The third kappa shape index (κ3) is 4.92. The van der Waals surface area contributed by atoms with E-state index in [4.69, 9.17) is 0 Å². The summed E-state index contributed by atoms with van der Waals surface area (Å²) in [6.07, 6.45) is 2.73. The number of thiazole rings is 1. The monoisotopic (exact) mass is 357 g/mol. The Balaban J connectivity index is 2.05. The van der Waals surface area contributed by atoms with Gasteiger partial charge in [0, 0.05) is 23.0 Å². The Morgan fingerprint density at radius 1 is 1.48 bits per heavy atom. The number of rotatable bonds is 7. The average molecular weight is 358 g/mol. The summed E-state index contributed by atoms with van der Waals surface area (Å²) in [5, 5.41) is 12.7. The van der Waals surface area contributed by atoms with E-state index in [2.05, 4.69) is 36.8 Å². The zero-order chi connectivity index (χ0) is 17.1. The lowest BCUT2D eigenvalue weighted by Gasteiger charge is -2.26. The van der Waals surface area contributed by atoms with Gasteiger partial charge in [0.15, 0.2) is 0 Å². The molecule has 1 fully saturated rings. The van der Waals surface area contributed by atoms with E-state index in [1.165, 1.54) is 6.92 Å². The summed E-state index contributed by atoms with van der Waals surface area (Å²) < 4.78 is 0. The molecule has 0 saturated heterocycles. The number of nitrogens with one attached hydrogen (secondary N) is 1. The Labute approximate surface area is 145 Å². The van der Waals surface area contributed by atoms with E-state index in [1.54, 1.807) is 22.4 Å². The predicted octanol–water partition coefficient (Wildman–Crippen LogP) is 2.15. The smallest absolute Gasteiger partial charge is 0.318 e. The van der Waals surface area contributed by atoms with Crippen LogP contribution in [0.4, 0.5) is 4.79 Å². The van der Waals surface area contributed by atoms with Crippen molar-refractivity contribution in [1.82, 2.24) is 15.2 Å². The molecule has 128 valence electrons. The minimum absolute atomic E-state index is 0.185. The van der Waals surface area contributed by atoms with Crippen molar-refractivity contribution in [3.63, 3.8) is 0 Å².